The summed E-state index contributed by atoms with van der Waals surface area (Å²) in [5.74, 6) is 0. The average molecular weight is 132 g/mol. The van der Waals surface area contributed by atoms with Gasteiger partial charge in [-0.3, -0.25) is 0 Å². The van der Waals surface area contributed by atoms with Gasteiger partial charge in [-0.1, -0.05) is 0 Å². The van der Waals surface area contributed by atoms with Gasteiger partial charge in [0.05, 0.1) is 11.3 Å². The number of rotatable bonds is 0. The Balaban J connectivity index is 3.25. The molecule has 0 heterocycles. The molecule has 49 valence electrons. The van der Waals surface area contributed by atoms with Crippen molar-refractivity contribution < 1.29 is 0 Å². The largest absolute Gasteiger partial charge is 0.398 e. The Labute approximate surface area is 58.9 Å². The molecule has 3 heteroatoms. The van der Waals surface area contributed by atoms with Gasteiger partial charge >= 0.3 is 0 Å². The molecule has 0 fully saturated rings. The molecule has 1 rings (SSSR count). The summed E-state index contributed by atoms with van der Waals surface area (Å²) in [6, 6.07) is 7.58. The Bertz CT molecular complexity index is 285. The predicted molar refractivity (Wildman–Crippen MR) is 38.8 cm³/mol. The van der Waals surface area contributed by atoms with E-state index in [1.165, 1.54) is 12.1 Å². The first-order valence-corrected chi connectivity index (χ1v) is 2.71. The van der Waals surface area contributed by atoms with Crippen molar-refractivity contribution in [2.75, 3.05) is 11.5 Å². The number of hydrogen-bond donors (Lipinski definition) is 2. The maximum Gasteiger partial charge on any atom is 0.101 e. The van der Waals surface area contributed by atoms with Crippen LogP contribution in [0.3, 0.4) is 0 Å². The zero-order chi connectivity index (χ0) is 7.56. The van der Waals surface area contributed by atoms with Gasteiger partial charge in [-0.25, -0.2) is 0 Å². The third-order valence-corrected chi connectivity index (χ3v) is 1.13. The quantitative estimate of drug-likeness (QED) is 0.505. The minimum absolute atomic E-state index is 0.399. The normalized spacial score (nSPS) is 8.70. The fourth-order valence-corrected chi connectivity index (χ4v) is 0.616. The topological polar surface area (TPSA) is 75.8 Å². The minimum Gasteiger partial charge on any atom is -0.398 e. The first-order chi connectivity index (χ1) is 4.74. The van der Waals surface area contributed by atoms with E-state index in [1.54, 1.807) is 0 Å². The molecular formula is C7H6N3. The molecule has 10 heavy (non-hydrogen) atoms. The van der Waals surface area contributed by atoms with E-state index in [-0.39, 0.29) is 0 Å². The van der Waals surface area contributed by atoms with Gasteiger partial charge in [0.2, 0.25) is 0 Å². The molecule has 4 N–H and O–H groups in total. The van der Waals surface area contributed by atoms with Gasteiger partial charge in [-0.15, -0.1) is 0 Å². The van der Waals surface area contributed by atoms with Gasteiger partial charge in [-0.2, -0.15) is 5.26 Å². The lowest BCUT2D eigenvalue weighted by atomic mass is 10.2. The van der Waals surface area contributed by atoms with E-state index in [2.05, 4.69) is 6.07 Å². The second-order valence-corrected chi connectivity index (χ2v) is 1.87. The molecule has 0 amide bonds. The van der Waals surface area contributed by atoms with Crippen LogP contribution in [-0.4, -0.2) is 0 Å². The smallest absolute Gasteiger partial charge is 0.101 e. The third-order valence-electron chi connectivity index (χ3n) is 1.13. The number of nitrogen functional groups attached to an aromatic ring is 2. The van der Waals surface area contributed by atoms with Crippen LogP contribution in [0.15, 0.2) is 12.1 Å². The van der Waals surface area contributed by atoms with Crippen molar-refractivity contribution in [1.29, 1.82) is 5.26 Å². The monoisotopic (exact) mass is 132 g/mol. The SMILES string of the molecule is N#Cc1cc(N)[c]cc1N. The van der Waals surface area contributed by atoms with E-state index in [9.17, 15) is 0 Å². The highest BCUT2D eigenvalue weighted by molar-refractivity contribution is 5.59. The van der Waals surface area contributed by atoms with Crippen LogP contribution in [0.1, 0.15) is 5.56 Å². The van der Waals surface area contributed by atoms with E-state index in [0.29, 0.717) is 16.9 Å². The highest BCUT2D eigenvalue weighted by Crippen LogP contribution is 2.12. The Morgan fingerprint density at radius 1 is 1.50 bits per heavy atom. The summed E-state index contributed by atoms with van der Waals surface area (Å²) in [5.41, 5.74) is 12.0. The molecule has 0 aliphatic carbocycles. The third kappa shape index (κ3) is 1.00. The second-order valence-electron chi connectivity index (χ2n) is 1.87. The second kappa shape index (κ2) is 2.28. The number of nitrogens with zero attached hydrogens (tertiary/aromatic N) is 1. The lowest BCUT2D eigenvalue weighted by Crippen LogP contribution is -1.92. The van der Waals surface area contributed by atoms with Gasteiger partial charge in [0.25, 0.3) is 0 Å². The summed E-state index contributed by atoms with van der Waals surface area (Å²) in [4.78, 5) is 0. The molecule has 0 saturated heterocycles. The van der Waals surface area contributed by atoms with Gasteiger partial charge < -0.3 is 11.5 Å². The van der Waals surface area contributed by atoms with Gasteiger partial charge in [0.1, 0.15) is 6.07 Å². The molecule has 3 nitrogen and oxygen atoms in total. The van der Waals surface area contributed by atoms with Crippen LogP contribution in [0.2, 0.25) is 0 Å². The maximum absolute atomic E-state index is 8.44. The van der Waals surface area contributed by atoms with Gasteiger partial charge in [0.15, 0.2) is 0 Å². The molecule has 0 bridgehead atoms. The fraction of sp³-hybridized carbons (Fsp3) is 0. The molecule has 0 aliphatic rings. The van der Waals surface area contributed by atoms with Crippen LogP contribution >= 0.6 is 0 Å². The minimum atomic E-state index is 0.399. The Morgan fingerprint density at radius 3 is 2.70 bits per heavy atom. The standard InChI is InChI=1S/C7H6N3/c8-4-5-3-6(9)1-2-7(5)10/h2-3H,9-10H2. The Morgan fingerprint density at radius 2 is 2.20 bits per heavy atom. The summed E-state index contributed by atoms with van der Waals surface area (Å²) in [5, 5.41) is 8.44. The number of nitriles is 1. The van der Waals surface area contributed by atoms with E-state index < -0.39 is 0 Å². The molecule has 1 aromatic carbocycles. The molecule has 0 aliphatic heterocycles. The molecule has 0 saturated carbocycles. The lowest BCUT2D eigenvalue weighted by Gasteiger charge is -1.95. The van der Waals surface area contributed by atoms with Crippen molar-refractivity contribution in [2.24, 2.45) is 0 Å². The number of nitrogens with two attached hydrogens (primary N) is 2. The number of benzene rings is 1. The first kappa shape index (κ1) is 6.43. The predicted octanol–water partition coefficient (Wildman–Crippen LogP) is 0.523. The summed E-state index contributed by atoms with van der Waals surface area (Å²) in [6.45, 7) is 0. The number of hydrogen-bond acceptors (Lipinski definition) is 3. The highest BCUT2D eigenvalue weighted by atomic mass is 14.6. The zero-order valence-electron chi connectivity index (χ0n) is 5.26. The van der Waals surface area contributed by atoms with Crippen LogP contribution in [-0.2, 0) is 0 Å². The van der Waals surface area contributed by atoms with Crippen LogP contribution in [0.5, 0.6) is 0 Å². The highest BCUT2D eigenvalue weighted by Gasteiger charge is 1.95. The van der Waals surface area contributed by atoms with Crippen molar-refractivity contribution >= 4 is 11.4 Å². The fourth-order valence-electron chi connectivity index (χ4n) is 0.616. The van der Waals surface area contributed by atoms with Crippen LogP contribution in [0.4, 0.5) is 11.4 Å². The van der Waals surface area contributed by atoms with Gasteiger partial charge in [0, 0.05) is 11.8 Å². The Hall–Kier alpha value is -1.69. The lowest BCUT2D eigenvalue weighted by molar-refractivity contribution is 1.48. The molecule has 0 unspecified atom stereocenters. The molecule has 1 radical (unpaired) electrons. The van der Waals surface area contributed by atoms with E-state index in [4.69, 9.17) is 16.7 Å². The molecule has 0 spiro atoms. The van der Waals surface area contributed by atoms with E-state index in [1.807, 2.05) is 6.07 Å². The van der Waals surface area contributed by atoms with Gasteiger partial charge in [-0.05, 0) is 12.1 Å². The zero-order valence-corrected chi connectivity index (χ0v) is 5.26. The summed E-state index contributed by atoms with van der Waals surface area (Å²) < 4.78 is 0. The Kier molecular flexibility index (Phi) is 1.46. The van der Waals surface area contributed by atoms with E-state index in [0.717, 1.165) is 0 Å². The molecule has 1 aromatic rings. The summed E-state index contributed by atoms with van der Waals surface area (Å²) in [7, 11) is 0. The van der Waals surface area contributed by atoms with Crippen molar-refractivity contribution in [2.45, 2.75) is 0 Å². The van der Waals surface area contributed by atoms with Crippen LogP contribution < -0.4 is 11.5 Å². The maximum atomic E-state index is 8.44. The summed E-state index contributed by atoms with van der Waals surface area (Å²) >= 11 is 0. The van der Waals surface area contributed by atoms with Crippen molar-refractivity contribution in [3.63, 3.8) is 0 Å². The molecule has 0 aromatic heterocycles. The van der Waals surface area contributed by atoms with Crippen LogP contribution in [0, 0.1) is 17.4 Å². The van der Waals surface area contributed by atoms with E-state index >= 15 is 0 Å². The van der Waals surface area contributed by atoms with Crippen molar-refractivity contribution in [1.82, 2.24) is 0 Å². The van der Waals surface area contributed by atoms with Crippen molar-refractivity contribution in [3.8, 4) is 6.07 Å². The molecular weight excluding hydrogens is 126 g/mol. The van der Waals surface area contributed by atoms with Crippen molar-refractivity contribution in [3.05, 3.63) is 23.8 Å². The summed E-state index contributed by atoms with van der Waals surface area (Å²) in [6.07, 6.45) is 0. The number of anilines is 2. The average Bonchev–Trinajstić information content (AvgIpc) is 1.94. The molecule has 0 atom stereocenters. The first-order valence-electron chi connectivity index (χ1n) is 2.71. The van der Waals surface area contributed by atoms with Crippen LogP contribution in [0.25, 0.3) is 0 Å².